The third kappa shape index (κ3) is 5.88. The van der Waals surface area contributed by atoms with Crippen LogP contribution in [-0.4, -0.2) is 39.3 Å². The van der Waals surface area contributed by atoms with E-state index in [0.717, 1.165) is 10.2 Å². The Labute approximate surface area is 189 Å². The Bertz CT molecular complexity index is 1250. The zero-order valence-electron chi connectivity index (χ0n) is 17.6. The molecule has 0 amide bonds. The zero-order chi connectivity index (χ0) is 23.1. The van der Waals surface area contributed by atoms with Crippen molar-refractivity contribution in [2.45, 2.75) is 26.4 Å². The Morgan fingerprint density at radius 3 is 2.69 bits per heavy atom. The Kier molecular flexibility index (Phi) is 7.50. The van der Waals surface area contributed by atoms with Crippen molar-refractivity contribution < 1.29 is 19.4 Å². The van der Waals surface area contributed by atoms with Crippen molar-refractivity contribution in [1.82, 2.24) is 14.9 Å². The van der Waals surface area contributed by atoms with Crippen molar-refractivity contribution in [2.24, 2.45) is 5.10 Å². The van der Waals surface area contributed by atoms with E-state index in [1.54, 1.807) is 25.3 Å². The molecule has 10 heteroatoms. The summed E-state index contributed by atoms with van der Waals surface area (Å²) in [6, 6.07) is 13.2. The molecule has 0 aliphatic carbocycles. The lowest BCUT2D eigenvalue weighted by Crippen LogP contribution is -2.25. The van der Waals surface area contributed by atoms with Crippen LogP contribution >= 0.6 is 12.2 Å². The van der Waals surface area contributed by atoms with Gasteiger partial charge in [0.1, 0.15) is 12.3 Å². The number of carbonyl (C=O) groups is 1. The predicted octanol–water partition coefficient (Wildman–Crippen LogP) is 3.10. The third-order valence-electron chi connectivity index (χ3n) is 4.52. The van der Waals surface area contributed by atoms with E-state index in [1.165, 1.54) is 11.8 Å². The molecule has 0 aliphatic rings. The number of aliphatic carboxylic acids is 1. The molecule has 2 aromatic carbocycles. The first-order valence-corrected chi connectivity index (χ1v) is 10.1. The lowest BCUT2D eigenvalue weighted by atomic mass is 10.1. The largest absolute Gasteiger partial charge is 0.493 e. The number of H-pyrrole nitrogens is 1. The summed E-state index contributed by atoms with van der Waals surface area (Å²) >= 11 is 5.09. The van der Waals surface area contributed by atoms with Crippen LogP contribution in [-0.2, 0) is 17.8 Å². The lowest BCUT2D eigenvalue weighted by molar-refractivity contribution is -0.136. The maximum Gasteiger partial charge on any atom is 0.303 e. The highest BCUT2D eigenvalue weighted by molar-refractivity contribution is 7.71. The minimum atomic E-state index is -1.03. The van der Waals surface area contributed by atoms with Gasteiger partial charge >= 0.3 is 5.97 Å². The molecule has 32 heavy (non-hydrogen) atoms. The maximum atomic E-state index is 12.5. The summed E-state index contributed by atoms with van der Waals surface area (Å²) in [4.78, 5) is 23.3. The lowest BCUT2D eigenvalue weighted by Gasteiger charge is -2.11. The molecule has 3 rings (SSSR count). The van der Waals surface area contributed by atoms with Crippen LogP contribution in [0.5, 0.6) is 11.5 Å². The molecule has 166 valence electrons. The standard InChI is InChI=1S/C22H22N4O5S/c1-14-3-5-15(6-4-14)13-31-19-11-16(7-9-18(19)30-2)12-23-26-21(29)17(8-10-20(27)28)24-25-22(26)32/h3-7,9,11-12H,8,10,13H2,1-2H3,(H,25,32)(H,27,28)/b23-12-. The van der Waals surface area contributed by atoms with Crippen molar-refractivity contribution in [3.63, 3.8) is 0 Å². The van der Waals surface area contributed by atoms with Crippen LogP contribution in [0.3, 0.4) is 0 Å². The number of methoxy groups -OCH3 is 1. The number of nitrogens with one attached hydrogen (secondary N) is 1. The van der Waals surface area contributed by atoms with Gasteiger partial charge in [0.2, 0.25) is 4.77 Å². The second kappa shape index (κ2) is 10.5. The molecule has 0 spiro atoms. The van der Waals surface area contributed by atoms with Gasteiger partial charge in [0.05, 0.1) is 19.7 Å². The fraction of sp³-hybridized carbons (Fsp3) is 0.227. The fourth-order valence-corrected chi connectivity index (χ4v) is 2.95. The van der Waals surface area contributed by atoms with Crippen LogP contribution in [0, 0.1) is 11.7 Å². The quantitative estimate of drug-likeness (QED) is 0.377. The monoisotopic (exact) mass is 454 g/mol. The van der Waals surface area contributed by atoms with Crippen molar-refractivity contribution in [1.29, 1.82) is 0 Å². The Hall–Kier alpha value is -3.79. The van der Waals surface area contributed by atoms with Crippen LogP contribution in [0.15, 0.2) is 52.4 Å². The third-order valence-corrected chi connectivity index (χ3v) is 4.78. The number of carboxylic acid groups (broad SMARTS) is 1. The van der Waals surface area contributed by atoms with Gasteiger partial charge in [-0.25, -0.2) is 0 Å². The van der Waals surface area contributed by atoms with Gasteiger partial charge in [-0.15, -0.1) is 0 Å². The molecule has 0 radical (unpaired) electrons. The van der Waals surface area contributed by atoms with Gasteiger partial charge in [0, 0.05) is 6.42 Å². The first-order valence-electron chi connectivity index (χ1n) is 9.70. The van der Waals surface area contributed by atoms with E-state index in [0.29, 0.717) is 23.7 Å². The first-order chi connectivity index (χ1) is 15.4. The van der Waals surface area contributed by atoms with Crippen molar-refractivity contribution in [3.8, 4) is 11.5 Å². The molecule has 0 bridgehead atoms. The fourth-order valence-electron chi connectivity index (χ4n) is 2.77. The highest BCUT2D eigenvalue weighted by Crippen LogP contribution is 2.28. The van der Waals surface area contributed by atoms with E-state index in [1.807, 2.05) is 31.2 Å². The second-order valence-corrected chi connectivity index (χ2v) is 7.30. The van der Waals surface area contributed by atoms with Crippen LogP contribution in [0.1, 0.15) is 28.8 Å². The molecule has 2 N–H and O–H groups in total. The van der Waals surface area contributed by atoms with Gasteiger partial charge in [-0.1, -0.05) is 29.8 Å². The van der Waals surface area contributed by atoms with Crippen LogP contribution < -0.4 is 15.0 Å². The van der Waals surface area contributed by atoms with Crippen LogP contribution in [0.25, 0.3) is 0 Å². The number of benzene rings is 2. The molecule has 0 saturated heterocycles. The minimum Gasteiger partial charge on any atom is -0.493 e. The Balaban J connectivity index is 1.83. The molecule has 1 heterocycles. The van der Waals surface area contributed by atoms with Gasteiger partial charge in [0.25, 0.3) is 5.56 Å². The number of aromatic nitrogens is 3. The average Bonchev–Trinajstić information content (AvgIpc) is 2.78. The summed E-state index contributed by atoms with van der Waals surface area (Å²) in [7, 11) is 1.55. The van der Waals surface area contributed by atoms with Crippen molar-refractivity contribution in [3.05, 3.63) is 80.0 Å². The number of aryl methyl sites for hydroxylation is 2. The number of ether oxygens (including phenoxy) is 2. The van der Waals surface area contributed by atoms with E-state index in [4.69, 9.17) is 26.8 Å². The summed E-state index contributed by atoms with van der Waals surface area (Å²) < 4.78 is 12.3. The van der Waals surface area contributed by atoms with Gasteiger partial charge in [-0.2, -0.15) is 14.9 Å². The van der Waals surface area contributed by atoms with Gasteiger partial charge in [0.15, 0.2) is 11.5 Å². The molecule has 0 atom stereocenters. The first kappa shape index (κ1) is 22.9. The summed E-state index contributed by atoms with van der Waals surface area (Å²) in [6.45, 7) is 2.38. The molecule has 0 unspecified atom stereocenters. The molecule has 9 nitrogen and oxygen atoms in total. The van der Waals surface area contributed by atoms with Crippen molar-refractivity contribution in [2.75, 3.05) is 7.11 Å². The summed E-state index contributed by atoms with van der Waals surface area (Å²) in [5.41, 5.74) is 2.29. The Morgan fingerprint density at radius 2 is 2.00 bits per heavy atom. The second-order valence-electron chi connectivity index (χ2n) is 6.92. The number of hydrogen-bond acceptors (Lipinski definition) is 7. The number of carboxylic acids is 1. The predicted molar refractivity (Wildman–Crippen MR) is 121 cm³/mol. The SMILES string of the molecule is COc1ccc(/C=N\n2c(=S)[nH]nc(CCC(=O)O)c2=O)cc1OCc1ccc(C)cc1. The van der Waals surface area contributed by atoms with E-state index >= 15 is 0 Å². The average molecular weight is 455 g/mol. The molecule has 0 aliphatic heterocycles. The summed E-state index contributed by atoms with van der Waals surface area (Å²) in [5, 5.41) is 19.3. The number of nitrogens with zero attached hydrogens (tertiary/aromatic N) is 3. The normalized spacial score (nSPS) is 10.9. The van der Waals surface area contributed by atoms with E-state index in [2.05, 4.69) is 15.3 Å². The van der Waals surface area contributed by atoms with Crippen molar-refractivity contribution >= 4 is 24.4 Å². The Morgan fingerprint density at radius 1 is 1.25 bits per heavy atom. The highest BCUT2D eigenvalue weighted by atomic mass is 32.1. The molecule has 0 saturated carbocycles. The van der Waals surface area contributed by atoms with Crippen LogP contribution in [0.2, 0.25) is 0 Å². The summed E-state index contributed by atoms with van der Waals surface area (Å²) in [5.74, 6) is 0.0510. The number of hydrogen-bond donors (Lipinski definition) is 2. The summed E-state index contributed by atoms with van der Waals surface area (Å²) in [6.07, 6.45) is 1.19. The highest BCUT2D eigenvalue weighted by Gasteiger charge is 2.10. The molecule has 0 fully saturated rings. The van der Waals surface area contributed by atoms with Crippen LogP contribution in [0.4, 0.5) is 0 Å². The van der Waals surface area contributed by atoms with E-state index in [9.17, 15) is 9.59 Å². The maximum absolute atomic E-state index is 12.5. The zero-order valence-corrected chi connectivity index (χ0v) is 18.4. The minimum absolute atomic E-state index is 0.00492. The molecule has 1 aromatic heterocycles. The van der Waals surface area contributed by atoms with E-state index < -0.39 is 11.5 Å². The molecule has 3 aromatic rings. The smallest absolute Gasteiger partial charge is 0.303 e. The topological polar surface area (TPSA) is 119 Å². The van der Waals surface area contributed by atoms with Gasteiger partial charge < -0.3 is 14.6 Å². The molecular formula is C22H22N4O5S. The molecular weight excluding hydrogens is 432 g/mol. The number of rotatable bonds is 9. The van der Waals surface area contributed by atoms with Gasteiger partial charge in [-0.05, 0) is 48.5 Å². The van der Waals surface area contributed by atoms with E-state index in [-0.39, 0.29) is 23.3 Å². The number of aromatic amines is 1. The van der Waals surface area contributed by atoms with Gasteiger partial charge in [-0.3, -0.25) is 14.7 Å².